The normalized spacial score (nSPS) is 15.7. The highest BCUT2D eigenvalue weighted by atomic mass is 16.5. The van der Waals surface area contributed by atoms with Gasteiger partial charge in [-0.2, -0.15) is 0 Å². The Balaban J connectivity index is 1.54. The second-order valence-electron chi connectivity index (χ2n) is 7.11. The fraction of sp³-hybridized carbons (Fsp3) is 0.391. The average Bonchev–Trinajstić information content (AvgIpc) is 3.26. The molecule has 0 spiro atoms. The molecule has 0 aliphatic carbocycles. The van der Waals surface area contributed by atoms with Crippen molar-refractivity contribution in [3.05, 3.63) is 59.7 Å². The van der Waals surface area contributed by atoms with Crippen LogP contribution < -0.4 is 15.4 Å². The standard InChI is InChI=1S/C23H28N2O4/c1-2-3-13-28-20-11-9-17(10-12-20)23(27)25-19-7-4-6-18(15-19)22(26)24-16-21-8-5-14-29-21/h4,6-7,9-12,15,21H,2-3,5,8,13-14,16H2,1H3,(H,24,26)(H,25,27). The second-order valence-corrected chi connectivity index (χ2v) is 7.11. The van der Waals surface area contributed by atoms with E-state index in [1.165, 1.54) is 0 Å². The van der Waals surface area contributed by atoms with E-state index in [-0.39, 0.29) is 17.9 Å². The molecule has 1 atom stereocenters. The molecule has 0 saturated carbocycles. The van der Waals surface area contributed by atoms with E-state index in [1.54, 1.807) is 48.5 Å². The maximum absolute atomic E-state index is 12.5. The molecule has 1 heterocycles. The lowest BCUT2D eigenvalue weighted by atomic mass is 10.1. The summed E-state index contributed by atoms with van der Waals surface area (Å²) in [7, 11) is 0. The van der Waals surface area contributed by atoms with Crippen LogP contribution in [-0.4, -0.2) is 37.7 Å². The summed E-state index contributed by atoms with van der Waals surface area (Å²) in [6, 6.07) is 14.0. The van der Waals surface area contributed by atoms with E-state index in [0.717, 1.165) is 38.0 Å². The SMILES string of the molecule is CCCCOc1ccc(C(=O)Nc2cccc(C(=O)NCC3CCCO3)c2)cc1. The predicted molar refractivity (Wildman–Crippen MR) is 113 cm³/mol. The molecule has 2 aromatic rings. The van der Waals surface area contributed by atoms with Crippen molar-refractivity contribution in [1.82, 2.24) is 5.32 Å². The van der Waals surface area contributed by atoms with E-state index in [9.17, 15) is 9.59 Å². The number of anilines is 1. The van der Waals surface area contributed by atoms with E-state index < -0.39 is 0 Å². The molecule has 3 rings (SSSR count). The van der Waals surface area contributed by atoms with Crippen LogP contribution in [0.25, 0.3) is 0 Å². The molecular formula is C23H28N2O4. The van der Waals surface area contributed by atoms with Crippen LogP contribution in [0.15, 0.2) is 48.5 Å². The number of unbranched alkanes of at least 4 members (excludes halogenated alkanes) is 1. The predicted octanol–water partition coefficient (Wildman–Crippen LogP) is 4.03. The molecule has 1 fully saturated rings. The van der Waals surface area contributed by atoms with Gasteiger partial charge in [0.15, 0.2) is 0 Å². The number of amides is 2. The zero-order chi connectivity index (χ0) is 20.5. The molecule has 1 aliphatic heterocycles. The Kier molecular flexibility index (Phi) is 7.64. The number of benzene rings is 2. The Bertz CT molecular complexity index is 814. The first-order chi connectivity index (χ1) is 14.2. The van der Waals surface area contributed by atoms with Gasteiger partial charge in [0, 0.05) is 30.0 Å². The topological polar surface area (TPSA) is 76.7 Å². The molecule has 154 valence electrons. The lowest BCUT2D eigenvalue weighted by molar-refractivity contribution is 0.0857. The summed E-state index contributed by atoms with van der Waals surface area (Å²) >= 11 is 0. The lowest BCUT2D eigenvalue weighted by Gasteiger charge is -2.12. The molecule has 1 saturated heterocycles. The van der Waals surface area contributed by atoms with Gasteiger partial charge in [-0.25, -0.2) is 0 Å². The highest BCUT2D eigenvalue weighted by Gasteiger charge is 2.17. The van der Waals surface area contributed by atoms with Gasteiger partial charge in [-0.05, 0) is 61.7 Å². The Morgan fingerprint density at radius 1 is 1.10 bits per heavy atom. The molecule has 6 nitrogen and oxygen atoms in total. The van der Waals surface area contributed by atoms with Crippen LogP contribution in [0.4, 0.5) is 5.69 Å². The lowest BCUT2D eigenvalue weighted by Crippen LogP contribution is -2.31. The number of ether oxygens (including phenoxy) is 2. The van der Waals surface area contributed by atoms with Crippen molar-refractivity contribution in [3.63, 3.8) is 0 Å². The van der Waals surface area contributed by atoms with Crippen LogP contribution in [0.1, 0.15) is 53.3 Å². The molecule has 29 heavy (non-hydrogen) atoms. The van der Waals surface area contributed by atoms with Crippen molar-refractivity contribution < 1.29 is 19.1 Å². The van der Waals surface area contributed by atoms with Gasteiger partial charge in [0.1, 0.15) is 5.75 Å². The van der Waals surface area contributed by atoms with Crippen LogP contribution in [0.3, 0.4) is 0 Å². The Hall–Kier alpha value is -2.86. The van der Waals surface area contributed by atoms with Gasteiger partial charge < -0.3 is 20.1 Å². The van der Waals surface area contributed by atoms with Gasteiger partial charge in [-0.3, -0.25) is 9.59 Å². The summed E-state index contributed by atoms with van der Waals surface area (Å²) in [6.45, 7) is 4.04. The van der Waals surface area contributed by atoms with Crippen LogP contribution in [0.5, 0.6) is 5.75 Å². The van der Waals surface area contributed by atoms with Crippen LogP contribution in [0, 0.1) is 0 Å². The average molecular weight is 396 g/mol. The quantitative estimate of drug-likeness (QED) is 0.628. The van der Waals surface area contributed by atoms with Crippen LogP contribution >= 0.6 is 0 Å². The molecule has 1 aliphatic rings. The highest BCUT2D eigenvalue weighted by Crippen LogP contribution is 2.16. The summed E-state index contributed by atoms with van der Waals surface area (Å²) in [5.41, 5.74) is 1.60. The van der Waals surface area contributed by atoms with E-state index in [4.69, 9.17) is 9.47 Å². The summed E-state index contributed by atoms with van der Waals surface area (Å²) in [5, 5.41) is 5.73. The third kappa shape index (κ3) is 6.32. The molecule has 2 N–H and O–H groups in total. The monoisotopic (exact) mass is 396 g/mol. The zero-order valence-electron chi connectivity index (χ0n) is 16.8. The third-order valence-corrected chi connectivity index (χ3v) is 4.78. The summed E-state index contributed by atoms with van der Waals surface area (Å²) in [5.74, 6) is 0.340. The Morgan fingerprint density at radius 3 is 2.66 bits per heavy atom. The molecule has 2 amide bonds. The minimum Gasteiger partial charge on any atom is -0.494 e. The fourth-order valence-electron chi connectivity index (χ4n) is 3.09. The maximum atomic E-state index is 12.5. The summed E-state index contributed by atoms with van der Waals surface area (Å²) < 4.78 is 11.1. The molecule has 0 radical (unpaired) electrons. The number of nitrogens with one attached hydrogen (secondary N) is 2. The van der Waals surface area contributed by atoms with Crippen molar-refractivity contribution in [3.8, 4) is 5.75 Å². The first kappa shape index (κ1) is 20.9. The number of rotatable bonds is 9. The number of hydrogen-bond acceptors (Lipinski definition) is 4. The van der Waals surface area contributed by atoms with Gasteiger partial charge in [0.25, 0.3) is 11.8 Å². The van der Waals surface area contributed by atoms with Crippen molar-refractivity contribution in [2.75, 3.05) is 25.1 Å². The number of carbonyl (C=O) groups is 2. The first-order valence-electron chi connectivity index (χ1n) is 10.2. The summed E-state index contributed by atoms with van der Waals surface area (Å²) in [6.07, 6.45) is 4.18. The van der Waals surface area contributed by atoms with Crippen LogP contribution in [-0.2, 0) is 4.74 Å². The smallest absolute Gasteiger partial charge is 0.255 e. The Morgan fingerprint density at radius 2 is 1.93 bits per heavy atom. The minimum absolute atomic E-state index is 0.0933. The zero-order valence-corrected chi connectivity index (χ0v) is 16.8. The molecule has 0 bridgehead atoms. The first-order valence-corrected chi connectivity index (χ1v) is 10.2. The van der Waals surface area contributed by atoms with Crippen molar-refractivity contribution in [1.29, 1.82) is 0 Å². The molecule has 2 aromatic carbocycles. The molecule has 0 aromatic heterocycles. The second kappa shape index (κ2) is 10.6. The summed E-state index contributed by atoms with van der Waals surface area (Å²) in [4.78, 5) is 24.9. The van der Waals surface area contributed by atoms with Gasteiger partial charge in [-0.1, -0.05) is 19.4 Å². The highest BCUT2D eigenvalue weighted by molar-refractivity contribution is 6.05. The molecular weight excluding hydrogens is 368 g/mol. The van der Waals surface area contributed by atoms with Crippen molar-refractivity contribution in [2.45, 2.75) is 38.7 Å². The number of hydrogen-bond donors (Lipinski definition) is 2. The van der Waals surface area contributed by atoms with Crippen LogP contribution in [0.2, 0.25) is 0 Å². The van der Waals surface area contributed by atoms with E-state index in [1.807, 2.05) is 0 Å². The largest absolute Gasteiger partial charge is 0.494 e. The van der Waals surface area contributed by atoms with Crippen molar-refractivity contribution >= 4 is 17.5 Å². The maximum Gasteiger partial charge on any atom is 0.255 e. The Labute approximate surface area is 171 Å². The minimum atomic E-state index is -0.234. The fourth-order valence-corrected chi connectivity index (χ4v) is 3.09. The third-order valence-electron chi connectivity index (χ3n) is 4.78. The molecule has 6 heteroatoms. The number of carbonyl (C=O) groups excluding carboxylic acids is 2. The van der Waals surface area contributed by atoms with Gasteiger partial charge >= 0.3 is 0 Å². The molecule has 1 unspecified atom stereocenters. The van der Waals surface area contributed by atoms with Gasteiger partial charge in [0.2, 0.25) is 0 Å². The van der Waals surface area contributed by atoms with Gasteiger partial charge in [-0.15, -0.1) is 0 Å². The van der Waals surface area contributed by atoms with E-state index >= 15 is 0 Å². The van der Waals surface area contributed by atoms with E-state index in [0.29, 0.717) is 30.0 Å². The van der Waals surface area contributed by atoms with Crippen molar-refractivity contribution in [2.24, 2.45) is 0 Å². The van der Waals surface area contributed by atoms with E-state index in [2.05, 4.69) is 17.6 Å². The van der Waals surface area contributed by atoms with Gasteiger partial charge in [0.05, 0.1) is 12.7 Å².